The summed E-state index contributed by atoms with van der Waals surface area (Å²) in [6.45, 7) is 1.71. The van der Waals surface area contributed by atoms with Crippen molar-refractivity contribution in [1.29, 1.82) is 0 Å². The number of fused-ring (bicyclic) bond motifs is 1. The average Bonchev–Trinajstić information content (AvgIpc) is 2.72. The Kier molecular flexibility index (Phi) is 6.76. The van der Waals surface area contributed by atoms with Gasteiger partial charge in [0.1, 0.15) is 5.75 Å². The van der Waals surface area contributed by atoms with Crippen molar-refractivity contribution in [3.63, 3.8) is 0 Å². The van der Waals surface area contributed by atoms with Gasteiger partial charge in [0.05, 0.1) is 6.42 Å². The summed E-state index contributed by atoms with van der Waals surface area (Å²) in [7, 11) is 0. The lowest BCUT2D eigenvalue weighted by Gasteiger charge is -2.12. The van der Waals surface area contributed by atoms with E-state index in [1.807, 2.05) is 67.6 Å². The van der Waals surface area contributed by atoms with Crippen molar-refractivity contribution in [1.82, 2.24) is 16.2 Å². The van der Waals surface area contributed by atoms with Crippen molar-refractivity contribution >= 4 is 39.9 Å². The van der Waals surface area contributed by atoms with Gasteiger partial charge in [-0.1, -0.05) is 60.7 Å². The summed E-state index contributed by atoms with van der Waals surface area (Å²) in [5.41, 5.74) is 6.87. The van der Waals surface area contributed by atoms with Gasteiger partial charge in [0.2, 0.25) is 5.91 Å². The smallest absolute Gasteiger partial charge is 0.264 e. The Hall–Kier alpha value is -3.45. The summed E-state index contributed by atoms with van der Waals surface area (Å²) in [5.74, 6) is -0.0620. The van der Waals surface area contributed by atoms with Gasteiger partial charge in [0.25, 0.3) is 5.91 Å². The summed E-state index contributed by atoms with van der Waals surface area (Å²) < 4.78 is 5.46. The molecule has 2 amide bonds. The van der Waals surface area contributed by atoms with E-state index in [0.717, 1.165) is 21.9 Å². The molecule has 0 atom stereocenters. The molecule has 29 heavy (non-hydrogen) atoms. The molecule has 0 saturated carbocycles. The first kappa shape index (κ1) is 20.3. The summed E-state index contributed by atoms with van der Waals surface area (Å²) in [6, 6.07) is 21.1. The van der Waals surface area contributed by atoms with Crippen molar-refractivity contribution in [2.45, 2.75) is 13.3 Å². The Balaban J connectivity index is 1.44. The number of hydrazine groups is 1. The molecule has 0 aliphatic rings. The minimum absolute atomic E-state index is 0.00495. The average molecular weight is 407 g/mol. The minimum Gasteiger partial charge on any atom is -0.483 e. The molecule has 0 aromatic heterocycles. The minimum atomic E-state index is -0.422. The van der Waals surface area contributed by atoms with E-state index in [1.54, 1.807) is 6.07 Å². The first-order valence-corrected chi connectivity index (χ1v) is 9.47. The molecular formula is C22H21N3O3S. The lowest BCUT2D eigenvalue weighted by molar-refractivity contribution is -0.122. The maximum Gasteiger partial charge on any atom is 0.264 e. The number of aryl methyl sites for hydroxylation is 1. The number of hydrogen-bond donors (Lipinski definition) is 3. The van der Waals surface area contributed by atoms with Crippen LogP contribution in [0.3, 0.4) is 0 Å². The molecule has 0 heterocycles. The first-order valence-electron chi connectivity index (χ1n) is 9.06. The van der Waals surface area contributed by atoms with E-state index in [-0.39, 0.29) is 24.0 Å². The lowest BCUT2D eigenvalue weighted by Crippen LogP contribution is -2.49. The molecule has 7 heteroatoms. The van der Waals surface area contributed by atoms with Crippen molar-refractivity contribution in [2.24, 2.45) is 0 Å². The quantitative estimate of drug-likeness (QED) is 0.448. The summed E-state index contributed by atoms with van der Waals surface area (Å²) in [5, 5.41) is 4.55. The number of carbonyl (C=O) groups is 2. The lowest BCUT2D eigenvalue weighted by atomic mass is 10.0. The van der Waals surface area contributed by atoms with E-state index in [2.05, 4.69) is 16.2 Å². The van der Waals surface area contributed by atoms with Crippen LogP contribution in [0.5, 0.6) is 5.75 Å². The highest BCUT2D eigenvalue weighted by molar-refractivity contribution is 7.80. The highest BCUT2D eigenvalue weighted by atomic mass is 32.1. The Morgan fingerprint density at radius 1 is 0.897 bits per heavy atom. The molecule has 0 bridgehead atoms. The Labute approximate surface area is 174 Å². The fourth-order valence-corrected chi connectivity index (χ4v) is 3.01. The predicted molar refractivity (Wildman–Crippen MR) is 116 cm³/mol. The summed E-state index contributed by atoms with van der Waals surface area (Å²) >= 11 is 5.03. The first-order chi connectivity index (χ1) is 14.0. The number of thiocarbonyl (C=S) groups is 1. The normalized spacial score (nSPS) is 10.2. The molecule has 3 rings (SSSR count). The predicted octanol–water partition coefficient (Wildman–Crippen LogP) is 2.79. The SMILES string of the molecule is Cc1ccccc1OCC(=O)NC(=S)NNC(=O)Cc1cccc2ccccc12. The molecule has 148 valence electrons. The number of rotatable bonds is 5. The van der Waals surface area contributed by atoms with Gasteiger partial charge in [-0.2, -0.15) is 0 Å². The maximum absolute atomic E-state index is 12.2. The largest absolute Gasteiger partial charge is 0.483 e. The number of ether oxygens (including phenoxy) is 1. The maximum atomic E-state index is 12.2. The number of hydrogen-bond acceptors (Lipinski definition) is 4. The molecular weight excluding hydrogens is 386 g/mol. The van der Waals surface area contributed by atoms with E-state index in [4.69, 9.17) is 17.0 Å². The fraction of sp³-hybridized carbons (Fsp3) is 0.136. The van der Waals surface area contributed by atoms with Crippen LogP contribution >= 0.6 is 12.2 Å². The number of benzene rings is 3. The van der Waals surface area contributed by atoms with Crippen LogP contribution < -0.4 is 20.9 Å². The fourth-order valence-electron chi connectivity index (χ4n) is 2.85. The van der Waals surface area contributed by atoms with E-state index in [9.17, 15) is 9.59 Å². The van der Waals surface area contributed by atoms with Crippen LogP contribution in [0.4, 0.5) is 0 Å². The number of para-hydroxylation sites is 1. The molecule has 0 radical (unpaired) electrons. The molecule has 0 aliphatic heterocycles. The molecule has 0 spiro atoms. The molecule has 3 N–H and O–H groups in total. The Morgan fingerprint density at radius 3 is 2.45 bits per heavy atom. The van der Waals surface area contributed by atoms with Gasteiger partial charge in [-0.25, -0.2) is 0 Å². The number of carbonyl (C=O) groups excluding carboxylic acids is 2. The summed E-state index contributed by atoms with van der Waals surface area (Å²) in [4.78, 5) is 24.2. The van der Waals surface area contributed by atoms with E-state index in [1.165, 1.54) is 0 Å². The van der Waals surface area contributed by atoms with E-state index >= 15 is 0 Å². The second kappa shape index (κ2) is 9.66. The Bertz CT molecular complexity index is 1050. The van der Waals surface area contributed by atoms with Crippen molar-refractivity contribution in [2.75, 3.05) is 6.61 Å². The highest BCUT2D eigenvalue weighted by Crippen LogP contribution is 2.18. The van der Waals surface area contributed by atoms with Crippen LogP contribution in [0.2, 0.25) is 0 Å². The van der Waals surface area contributed by atoms with Crippen LogP contribution in [0, 0.1) is 6.92 Å². The van der Waals surface area contributed by atoms with Gasteiger partial charge in [-0.05, 0) is 47.1 Å². The molecule has 6 nitrogen and oxygen atoms in total. The van der Waals surface area contributed by atoms with Gasteiger partial charge in [0.15, 0.2) is 11.7 Å². The van der Waals surface area contributed by atoms with Gasteiger partial charge in [0, 0.05) is 0 Å². The van der Waals surface area contributed by atoms with Gasteiger partial charge < -0.3 is 4.74 Å². The number of nitrogens with one attached hydrogen (secondary N) is 3. The zero-order chi connectivity index (χ0) is 20.6. The van der Waals surface area contributed by atoms with Crippen molar-refractivity contribution in [3.05, 3.63) is 77.9 Å². The topological polar surface area (TPSA) is 79.5 Å². The monoisotopic (exact) mass is 407 g/mol. The summed E-state index contributed by atoms with van der Waals surface area (Å²) in [6.07, 6.45) is 0.182. The van der Waals surface area contributed by atoms with Crippen LogP contribution in [0.15, 0.2) is 66.7 Å². The standard InChI is InChI=1S/C22H21N3O3S/c1-15-7-2-5-12-19(15)28-14-21(27)23-22(29)25-24-20(26)13-17-10-6-9-16-8-3-4-11-18(16)17/h2-12H,13-14H2,1H3,(H,24,26)(H2,23,25,27,29). The highest BCUT2D eigenvalue weighted by Gasteiger charge is 2.09. The third-order valence-corrected chi connectivity index (χ3v) is 4.46. The zero-order valence-corrected chi connectivity index (χ0v) is 16.7. The third-order valence-electron chi connectivity index (χ3n) is 4.25. The van der Waals surface area contributed by atoms with Gasteiger partial charge in [-0.3, -0.25) is 25.8 Å². The van der Waals surface area contributed by atoms with Crippen LogP contribution in [0.25, 0.3) is 10.8 Å². The van der Waals surface area contributed by atoms with E-state index in [0.29, 0.717) is 5.75 Å². The molecule has 3 aromatic rings. The van der Waals surface area contributed by atoms with Crippen LogP contribution in [-0.2, 0) is 16.0 Å². The van der Waals surface area contributed by atoms with Crippen molar-refractivity contribution in [3.8, 4) is 5.75 Å². The van der Waals surface area contributed by atoms with Gasteiger partial charge >= 0.3 is 0 Å². The van der Waals surface area contributed by atoms with Crippen LogP contribution in [0.1, 0.15) is 11.1 Å². The second-order valence-electron chi connectivity index (χ2n) is 6.42. The molecule has 0 aliphatic carbocycles. The molecule has 0 saturated heterocycles. The third kappa shape index (κ3) is 5.76. The zero-order valence-electron chi connectivity index (χ0n) is 15.9. The Morgan fingerprint density at radius 2 is 1.62 bits per heavy atom. The molecule has 0 fully saturated rings. The van der Waals surface area contributed by atoms with E-state index < -0.39 is 5.91 Å². The second-order valence-corrected chi connectivity index (χ2v) is 6.83. The number of amides is 2. The van der Waals surface area contributed by atoms with Crippen LogP contribution in [-0.4, -0.2) is 23.5 Å². The van der Waals surface area contributed by atoms with Crippen molar-refractivity contribution < 1.29 is 14.3 Å². The molecule has 3 aromatic carbocycles. The molecule has 0 unspecified atom stereocenters. The van der Waals surface area contributed by atoms with Gasteiger partial charge in [-0.15, -0.1) is 0 Å².